The van der Waals surface area contributed by atoms with Gasteiger partial charge in [-0.15, -0.1) is 0 Å². The summed E-state index contributed by atoms with van der Waals surface area (Å²) in [5, 5.41) is 4.09. The van der Waals surface area contributed by atoms with Crippen LogP contribution in [-0.4, -0.2) is 27.7 Å². The monoisotopic (exact) mass is 342 g/mol. The van der Waals surface area contributed by atoms with E-state index in [0.29, 0.717) is 17.9 Å². The predicted octanol–water partition coefficient (Wildman–Crippen LogP) is 3.30. The number of benzene rings is 1. The minimum absolute atomic E-state index is 0.0725. The van der Waals surface area contributed by atoms with Crippen molar-refractivity contribution in [2.24, 2.45) is 0 Å². The summed E-state index contributed by atoms with van der Waals surface area (Å²) in [5.74, 6) is -0.311. The first-order valence-electron chi connectivity index (χ1n) is 6.77. The summed E-state index contributed by atoms with van der Waals surface area (Å²) < 4.78 is 38.6. The van der Waals surface area contributed by atoms with Crippen molar-refractivity contribution in [2.75, 3.05) is 17.2 Å². The van der Waals surface area contributed by atoms with Crippen LogP contribution in [0.3, 0.4) is 0 Å². The van der Waals surface area contributed by atoms with Crippen molar-refractivity contribution in [3.8, 4) is 0 Å². The first-order chi connectivity index (χ1) is 10.8. The van der Waals surface area contributed by atoms with Gasteiger partial charge in [-0.05, 0) is 43.0 Å². The van der Waals surface area contributed by atoms with E-state index in [1.165, 1.54) is 35.4 Å². The van der Waals surface area contributed by atoms with E-state index in [9.17, 15) is 18.0 Å². The zero-order valence-corrected chi connectivity index (χ0v) is 12.9. The molecular formula is C14H13F3N4OS. The van der Waals surface area contributed by atoms with Gasteiger partial charge in [0.25, 0.3) is 5.91 Å². The van der Waals surface area contributed by atoms with E-state index < -0.39 is 5.51 Å². The third-order valence-corrected chi connectivity index (χ3v) is 4.26. The third kappa shape index (κ3) is 3.00. The van der Waals surface area contributed by atoms with Gasteiger partial charge < -0.3 is 10.6 Å². The van der Waals surface area contributed by atoms with Crippen molar-refractivity contribution < 1.29 is 18.0 Å². The normalized spacial score (nSPS) is 18.2. The van der Waals surface area contributed by atoms with E-state index in [1.54, 1.807) is 4.68 Å². The lowest BCUT2D eigenvalue weighted by atomic mass is 10.1. The number of aromatic nitrogens is 2. The number of halogens is 3. The van der Waals surface area contributed by atoms with Crippen LogP contribution in [0.4, 0.5) is 24.5 Å². The van der Waals surface area contributed by atoms with Crippen LogP contribution in [0.15, 0.2) is 35.4 Å². The van der Waals surface area contributed by atoms with E-state index in [2.05, 4.69) is 5.10 Å². The topological polar surface area (TPSA) is 64.2 Å². The molecule has 0 fully saturated rings. The highest BCUT2D eigenvalue weighted by Crippen LogP contribution is 2.38. The van der Waals surface area contributed by atoms with Crippen LogP contribution in [0.25, 0.3) is 0 Å². The minimum atomic E-state index is -4.34. The number of nitrogens with two attached hydrogens (primary N) is 1. The lowest BCUT2D eigenvalue weighted by Gasteiger charge is -2.32. The summed E-state index contributed by atoms with van der Waals surface area (Å²) in [6.07, 6.45) is 1.43. The SMILES string of the molecule is C[C@H]1CN(c2ccc(SC(F)(F)F)cc2)C(=O)c2c(N)cnn21. The number of hydrogen-bond donors (Lipinski definition) is 1. The minimum Gasteiger partial charge on any atom is -0.396 e. The smallest absolute Gasteiger partial charge is 0.396 e. The van der Waals surface area contributed by atoms with E-state index in [4.69, 9.17) is 5.73 Å². The summed E-state index contributed by atoms with van der Waals surface area (Å²) in [6.45, 7) is 2.27. The number of nitrogen functional groups attached to an aromatic ring is 1. The van der Waals surface area contributed by atoms with Gasteiger partial charge in [-0.2, -0.15) is 18.3 Å². The molecule has 1 aliphatic heterocycles. The maximum absolute atomic E-state index is 12.6. The van der Waals surface area contributed by atoms with Gasteiger partial charge in [0.1, 0.15) is 5.69 Å². The number of rotatable bonds is 2. The largest absolute Gasteiger partial charge is 0.446 e. The molecule has 1 aliphatic rings. The Morgan fingerprint density at radius 3 is 2.57 bits per heavy atom. The lowest BCUT2D eigenvalue weighted by molar-refractivity contribution is -0.0328. The first-order valence-corrected chi connectivity index (χ1v) is 7.58. The third-order valence-electron chi connectivity index (χ3n) is 3.52. The van der Waals surface area contributed by atoms with Gasteiger partial charge in [0.05, 0.1) is 17.9 Å². The molecule has 5 nitrogen and oxygen atoms in total. The second kappa shape index (κ2) is 5.48. The highest BCUT2D eigenvalue weighted by atomic mass is 32.2. The van der Waals surface area contributed by atoms with Crippen LogP contribution in [-0.2, 0) is 0 Å². The summed E-state index contributed by atoms with van der Waals surface area (Å²) in [5.41, 5.74) is 2.57. The van der Waals surface area contributed by atoms with E-state index in [-0.39, 0.29) is 34.3 Å². The first kappa shape index (κ1) is 15.7. The summed E-state index contributed by atoms with van der Waals surface area (Å²) in [7, 11) is 0. The number of amides is 1. The van der Waals surface area contributed by atoms with E-state index in [1.807, 2.05) is 6.92 Å². The van der Waals surface area contributed by atoms with Gasteiger partial charge in [-0.3, -0.25) is 9.48 Å². The van der Waals surface area contributed by atoms with Gasteiger partial charge >= 0.3 is 5.51 Å². The average Bonchev–Trinajstić information content (AvgIpc) is 2.85. The number of thioether (sulfide) groups is 1. The van der Waals surface area contributed by atoms with Gasteiger partial charge in [0.2, 0.25) is 0 Å². The number of anilines is 2. The molecule has 0 radical (unpaired) electrons. The molecule has 2 heterocycles. The maximum Gasteiger partial charge on any atom is 0.446 e. The number of carbonyl (C=O) groups is 1. The Hall–Kier alpha value is -2.16. The fourth-order valence-electron chi connectivity index (χ4n) is 2.53. The molecule has 0 aliphatic carbocycles. The van der Waals surface area contributed by atoms with Crippen LogP contribution >= 0.6 is 11.8 Å². The molecule has 1 amide bonds. The highest BCUT2D eigenvalue weighted by molar-refractivity contribution is 8.00. The fraction of sp³-hybridized carbons (Fsp3) is 0.286. The summed E-state index contributed by atoms with van der Waals surface area (Å²) in [6, 6.07) is 5.62. The molecular weight excluding hydrogens is 329 g/mol. The molecule has 122 valence electrons. The van der Waals surface area contributed by atoms with Gasteiger partial charge in [-0.1, -0.05) is 0 Å². The summed E-state index contributed by atoms with van der Waals surface area (Å²) in [4.78, 5) is 14.1. The van der Waals surface area contributed by atoms with Crippen LogP contribution in [0.5, 0.6) is 0 Å². The fourth-order valence-corrected chi connectivity index (χ4v) is 3.07. The molecule has 1 aromatic heterocycles. The van der Waals surface area contributed by atoms with Crippen molar-refractivity contribution >= 4 is 29.0 Å². The van der Waals surface area contributed by atoms with Gasteiger partial charge in [0, 0.05) is 17.1 Å². The molecule has 1 aromatic carbocycles. The quantitative estimate of drug-likeness (QED) is 0.851. The zero-order valence-electron chi connectivity index (χ0n) is 12.0. The van der Waals surface area contributed by atoms with Crippen LogP contribution in [0.1, 0.15) is 23.5 Å². The van der Waals surface area contributed by atoms with Crippen molar-refractivity contribution in [1.29, 1.82) is 0 Å². The molecule has 2 aromatic rings. The number of hydrogen-bond acceptors (Lipinski definition) is 4. The Kier molecular flexibility index (Phi) is 3.75. The van der Waals surface area contributed by atoms with Crippen LogP contribution in [0, 0.1) is 0 Å². The summed E-state index contributed by atoms with van der Waals surface area (Å²) >= 11 is -0.188. The molecule has 0 spiro atoms. The van der Waals surface area contributed by atoms with Gasteiger partial charge in [-0.25, -0.2) is 0 Å². The van der Waals surface area contributed by atoms with Crippen LogP contribution in [0.2, 0.25) is 0 Å². The number of alkyl halides is 3. The Morgan fingerprint density at radius 2 is 1.96 bits per heavy atom. The second-order valence-corrected chi connectivity index (χ2v) is 6.34. The standard InChI is InChI=1S/C14H13F3N4OS/c1-8-7-20(13(22)12-11(18)6-19-21(8)12)9-2-4-10(5-3-9)23-14(15,16)17/h2-6,8H,7,18H2,1H3/t8-/m0/s1. The molecule has 9 heteroatoms. The molecule has 0 saturated heterocycles. The predicted molar refractivity (Wildman–Crippen MR) is 81.4 cm³/mol. The molecule has 23 heavy (non-hydrogen) atoms. The molecule has 2 N–H and O–H groups in total. The molecule has 3 rings (SSSR count). The average molecular weight is 342 g/mol. The Morgan fingerprint density at radius 1 is 1.30 bits per heavy atom. The molecule has 0 bridgehead atoms. The van der Waals surface area contributed by atoms with Gasteiger partial charge in [0.15, 0.2) is 0 Å². The number of carbonyl (C=O) groups excluding carboxylic acids is 1. The van der Waals surface area contributed by atoms with Crippen LogP contribution < -0.4 is 10.6 Å². The second-order valence-electron chi connectivity index (χ2n) is 5.20. The van der Waals surface area contributed by atoms with Crippen molar-refractivity contribution in [2.45, 2.75) is 23.4 Å². The van der Waals surface area contributed by atoms with E-state index in [0.717, 1.165) is 0 Å². The highest BCUT2D eigenvalue weighted by Gasteiger charge is 2.33. The Balaban J connectivity index is 1.88. The van der Waals surface area contributed by atoms with Crippen molar-refractivity contribution in [3.05, 3.63) is 36.2 Å². The molecule has 0 saturated carbocycles. The lowest BCUT2D eigenvalue weighted by Crippen LogP contribution is -2.42. The maximum atomic E-state index is 12.6. The number of fused-ring (bicyclic) bond motifs is 1. The Labute approximate surface area is 134 Å². The van der Waals surface area contributed by atoms with Crippen molar-refractivity contribution in [3.63, 3.8) is 0 Å². The van der Waals surface area contributed by atoms with Crippen molar-refractivity contribution in [1.82, 2.24) is 9.78 Å². The molecule has 0 unspecified atom stereocenters. The number of nitrogens with zero attached hydrogens (tertiary/aromatic N) is 3. The Bertz CT molecular complexity index is 741. The molecule has 1 atom stereocenters. The van der Waals surface area contributed by atoms with E-state index >= 15 is 0 Å². The zero-order chi connectivity index (χ0) is 16.8.